The highest BCUT2D eigenvalue weighted by molar-refractivity contribution is 7.80. The fraction of sp³-hybridized carbons (Fsp3) is 0.235. The predicted molar refractivity (Wildman–Crippen MR) is 88.5 cm³/mol. The standard InChI is InChI=1S/C17H19NO2S/c1-12-8-15(17(18)21)9-13(2)16(12)20-11-19-10-14-6-4-3-5-7-14/h3-9H,10-11H2,1-2H3,(H2,18,21). The van der Waals surface area contributed by atoms with Crippen molar-refractivity contribution in [2.24, 2.45) is 5.73 Å². The van der Waals surface area contributed by atoms with E-state index < -0.39 is 0 Å². The van der Waals surface area contributed by atoms with Crippen LogP contribution in [0.5, 0.6) is 5.75 Å². The predicted octanol–water partition coefficient (Wildman–Crippen LogP) is 3.49. The van der Waals surface area contributed by atoms with Crippen LogP contribution in [-0.2, 0) is 11.3 Å². The van der Waals surface area contributed by atoms with Gasteiger partial charge in [-0.3, -0.25) is 0 Å². The number of aryl methyl sites for hydroxylation is 2. The average molecular weight is 301 g/mol. The summed E-state index contributed by atoms with van der Waals surface area (Å²) in [5.41, 5.74) is 9.64. The first-order chi connectivity index (χ1) is 10.1. The van der Waals surface area contributed by atoms with Crippen LogP contribution in [-0.4, -0.2) is 11.8 Å². The van der Waals surface area contributed by atoms with E-state index in [2.05, 4.69) is 0 Å². The zero-order valence-electron chi connectivity index (χ0n) is 12.3. The molecular formula is C17H19NO2S. The van der Waals surface area contributed by atoms with Gasteiger partial charge in [0.25, 0.3) is 0 Å². The summed E-state index contributed by atoms with van der Waals surface area (Å²) < 4.78 is 11.3. The second-order valence-electron chi connectivity index (χ2n) is 4.90. The second-order valence-corrected chi connectivity index (χ2v) is 5.34. The molecule has 0 aliphatic rings. The van der Waals surface area contributed by atoms with Crippen molar-refractivity contribution in [3.05, 3.63) is 64.7 Å². The Kier molecular flexibility index (Phi) is 5.31. The minimum Gasteiger partial charge on any atom is -0.467 e. The smallest absolute Gasteiger partial charge is 0.189 e. The summed E-state index contributed by atoms with van der Waals surface area (Å²) in [6.45, 7) is 4.69. The number of benzene rings is 2. The molecule has 0 atom stereocenters. The van der Waals surface area contributed by atoms with Crippen molar-refractivity contribution in [2.75, 3.05) is 6.79 Å². The van der Waals surface area contributed by atoms with Crippen molar-refractivity contribution in [2.45, 2.75) is 20.5 Å². The lowest BCUT2D eigenvalue weighted by atomic mass is 10.1. The third-order valence-electron chi connectivity index (χ3n) is 3.14. The number of ether oxygens (including phenoxy) is 2. The Morgan fingerprint density at radius 3 is 2.29 bits per heavy atom. The van der Waals surface area contributed by atoms with Gasteiger partial charge in [0.1, 0.15) is 10.7 Å². The van der Waals surface area contributed by atoms with Gasteiger partial charge < -0.3 is 15.2 Å². The Hall–Kier alpha value is -1.91. The van der Waals surface area contributed by atoms with E-state index in [9.17, 15) is 0 Å². The van der Waals surface area contributed by atoms with Gasteiger partial charge in [-0.15, -0.1) is 0 Å². The maximum atomic E-state index is 5.72. The molecule has 0 spiro atoms. The van der Waals surface area contributed by atoms with Gasteiger partial charge >= 0.3 is 0 Å². The first-order valence-corrected chi connectivity index (χ1v) is 7.14. The summed E-state index contributed by atoms with van der Waals surface area (Å²) in [7, 11) is 0. The maximum Gasteiger partial charge on any atom is 0.189 e. The number of nitrogens with two attached hydrogens (primary N) is 1. The molecule has 0 radical (unpaired) electrons. The molecule has 110 valence electrons. The zero-order valence-corrected chi connectivity index (χ0v) is 13.1. The molecule has 2 aromatic carbocycles. The minimum atomic E-state index is 0.211. The lowest BCUT2D eigenvalue weighted by molar-refractivity contribution is 0.00431. The third-order valence-corrected chi connectivity index (χ3v) is 3.38. The van der Waals surface area contributed by atoms with E-state index >= 15 is 0 Å². The van der Waals surface area contributed by atoms with E-state index in [1.54, 1.807) is 0 Å². The minimum absolute atomic E-state index is 0.211. The van der Waals surface area contributed by atoms with Crippen molar-refractivity contribution in [1.29, 1.82) is 0 Å². The van der Waals surface area contributed by atoms with Crippen LogP contribution in [0.15, 0.2) is 42.5 Å². The van der Waals surface area contributed by atoms with Crippen LogP contribution in [0.4, 0.5) is 0 Å². The Morgan fingerprint density at radius 2 is 1.71 bits per heavy atom. The molecule has 0 aliphatic carbocycles. The molecule has 0 saturated heterocycles. The summed E-state index contributed by atoms with van der Waals surface area (Å²) in [6.07, 6.45) is 0. The van der Waals surface area contributed by atoms with Gasteiger partial charge in [0.15, 0.2) is 6.79 Å². The molecule has 0 bridgehead atoms. The van der Waals surface area contributed by atoms with Crippen molar-refractivity contribution in [1.82, 2.24) is 0 Å². The van der Waals surface area contributed by atoms with Crippen molar-refractivity contribution in [3.8, 4) is 5.75 Å². The molecule has 0 saturated carbocycles. The van der Waals surface area contributed by atoms with Crippen molar-refractivity contribution < 1.29 is 9.47 Å². The van der Waals surface area contributed by atoms with Crippen LogP contribution in [0.1, 0.15) is 22.3 Å². The van der Waals surface area contributed by atoms with Gasteiger partial charge in [0.05, 0.1) is 6.61 Å². The lowest BCUT2D eigenvalue weighted by Crippen LogP contribution is -2.11. The first kappa shape index (κ1) is 15.5. The highest BCUT2D eigenvalue weighted by Gasteiger charge is 2.08. The highest BCUT2D eigenvalue weighted by Crippen LogP contribution is 2.25. The van der Waals surface area contributed by atoms with Gasteiger partial charge in [-0.2, -0.15) is 0 Å². The molecular weight excluding hydrogens is 282 g/mol. The fourth-order valence-electron chi connectivity index (χ4n) is 2.15. The lowest BCUT2D eigenvalue weighted by Gasteiger charge is -2.14. The van der Waals surface area contributed by atoms with E-state index in [-0.39, 0.29) is 6.79 Å². The molecule has 0 unspecified atom stereocenters. The maximum absolute atomic E-state index is 5.72. The van der Waals surface area contributed by atoms with Crippen LogP contribution in [0.25, 0.3) is 0 Å². The number of rotatable bonds is 6. The largest absolute Gasteiger partial charge is 0.467 e. The SMILES string of the molecule is Cc1cc(C(N)=S)cc(C)c1OCOCc1ccccc1. The molecule has 2 aromatic rings. The molecule has 2 rings (SSSR count). The van der Waals surface area contributed by atoms with Crippen LogP contribution in [0.2, 0.25) is 0 Å². The Balaban J connectivity index is 1.93. The molecule has 0 aromatic heterocycles. The Bertz CT molecular complexity index is 603. The quantitative estimate of drug-likeness (QED) is 0.504. The third kappa shape index (κ3) is 4.28. The number of thiocarbonyl (C=S) groups is 1. The summed E-state index contributed by atoms with van der Waals surface area (Å²) in [4.78, 5) is 0.396. The van der Waals surface area contributed by atoms with Gasteiger partial charge in [-0.1, -0.05) is 42.5 Å². The summed E-state index contributed by atoms with van der Waals surface area (Å²) in [5, 5.41) is 0. The molecule has 4 heteroatoms. The van der Waals surface area contributed by atoms with Crippen molar-refractivity contribution >= 4 is 17.2 Å². The Labute approximate surface area is 130 Å². The van der Waals surface area contributed by atoms with E-state index in [1.807, 2.05) is 56.3 Å². The summed E-state index contributed by atoms with van der Waals surface area (Å²) >= 11 is 5.00. The van der Waals surface area contributed by atoms with Crippen LogP contribution in [0, 0.1) is 13.8 Å². The molecule has 21 heavy (non-hydrogen) atoms. The monoisotopic (exact) mass is 301 g/mol. The van der Waals surface area contributed by atoms with Gasteiger partial charge in [-0.25, -0.2) is 0 Å². The first-order valence-electron chi connectivity index (χ1n) is 6.73. The molecule has 0 heterocycles. The number of hydrogen-bond donors (Lipinski definition) is 1. The van der Waals surface area contributed by atoms with Crippen molar-refractivity contribution in [3.63, 3.8) is 0 Å². The topological polar surface area (TPSA) is 44.5 Å². The summed E-state index contributed by atoms with van der Waals surface area (Å²) in [6, 6.07) is 13.9. The van der Waals surface area contributed by atoms with E-state index in [4.69, 9.17) is 27.4 Å². The highest BCUT2D eigenvalue weighted by atomic mass is 32.1. The average Bonchev–Trinajstić information content (AvgIpc) is 2.46. The summed E-state index contributed by atoms with van der Waals surface area (Å²) in [5.74, 6) is 0.822. The molecule has 3 nitrogen and oxygen atoms in total. The Morgan fingerprint density at radius 1 is 1.10 bits per heavy atom. The molecule has 2 N–H and O–H groups in total. The van der Waals surface area contributed by atoms with E-state index in [1.165, 1.54) is 0 Å². The molecule has 0 fully saturated rings. The van der Waals surface area contributed by atoms with Gasteiger partial charge in [-0.05, 0) is 42.7 Å². The van der Waals surface area contributed by atoms with E-state index in [0.29, 0.717) is 11.6 Å². The number of hydrogen-bond acceptors (Lipinski definition) is 3. The second kappa shape index (κ2) is 7.20. The zero-order chi connectivity index (χ0) is 15.2. The van der Waals surface area contributed by atoms with Gasteiger partial charge in [0, 0.05) is 5.56 Å². The van der Waals surface area contributed by atoms with E-state index in [0.717, 1.165) is 28.0 Å². The van der Waals surface area contributed by atoms with Crippen LogP contribution in [0.3, 0.4) is 0 Å². The fourth-order valence-corrected chi connectivity index (χ4v) is 2.27. The van der Waals surface area contributed by atoms with Gasteiger partial charge in [0.2, 0.25) is 0 Å². The van der Waals surface area contributed by atoms with Crippen LogP contribution >= 0.6 is 12.2 Å². The molecule has 0 amide bonds. The van der Waals surface area contributed by atoms with Crippen LogP contribution < -0.4 is 10.5 Å². The molecule has 0 aliphatic heterocycles. The normalized spacial score (nSPS) is 10.4.